The Labute approximate surface area is 116 Å². The lowest BCUT2D eigenvalue weighted by molar-refractivity contribution is -0.135. The first-order chi connectivity index (χ1) is 9.78. The van der Waals surface area contributed by atoms with Crippen LogP contribution in [0.15, 0.2) is 28.9 Å². The average Bonchev–Trinajstić information content (AvgIpc) is 3.22. The van der Waals surface area contributed by atoms with Crippen LogP contribution in [-0.2, 0) is 16.2 Å². The number of amides is 1. The molecule has 0 spiro atoms. The summed E-state index contributed by atoms with van der Waals surface area (Å²) in [5.74, 6) is 0.901. The molecule has 2 aromatic rings. The number of nitrogens with one attached hydrogen (secondary N) is 1. The SMILES string of the molecule is CCOc1ccc2occ(CONC(=O)C3CC3)c2c1. The molecule has 1 N–H and O–H groups in total. The smallest absolute Gasteiger partial charge is 0.246 e. The van der Waals surface area contributed by atoms with Gasteiger partial charge in [-0.2, -0.15) is 0 Å². The van der Waals surface area contributed by atoms with E-state index in [4.69, 9.17) is 14.0 Å². The van der Waals surface area contributed by atoms with E-state index in [-0.39, 0.29) is 18.4 Å². The summed E-state index contributed by atoms with van der Waals surface area (Å²) < 4.78 is 10.9. The summed E-state index contributed by atoms with van der Waals surface area (Å²) in [6.07, 6.45) is 3.56. The van der Waals surface area contributed by atoms with Crippen LogP contribution in [0.25, 0.3) is 11.0 Å². The molecule has 5 nitrogen and oxygen atoms in total. The fraction of sp³-hybridized carbons (Fsp3) is 0.400. The van der Waals surface area contributed by atoms with Crippen molar-refractivity contribution in [3.05, 3.63) is 30.0 Å². The second kappa shape index (κ2) is 5.54. The summed E-state index contributed by atoms with van der Waals surface area (Å²) in [5, 5.41) is 0.941. The minimum atomic E-state index is -0.0344. The average molecular weight is 275 g/mol. The van der Waals surface area contributed by atoms with Crippen molar-refractivity contribution < 1.29 is 18.8 Å². The van der Waals surface area contributed by atoms with Gasteiger partial charge in [0.05, 0.1) is 12.9 Å². The molecule has 1 saturated carbocycles. The van der Waals surface area contributed by atoms with Gasteiger partial charge in [0.1, 0.15) is 17.9 Å². The zero-order valence-electron chi connectivity index (χ0n) is 11.3. The van der Waals surface area contributed by atoms with Crippen LogP contribution in [0.1, 0.15) is 25.3 Å². The van der Waals surface area contributed by atoms with Crippen molar-refractivity contribution in [3.63, 3.8) is 0 Å². The highest BCUT2D eigenvalue weighted by Crippen LogP contribution is 2.29. The summed E-state index contributed by atoms with van der Waals surface area (Å²) in [5.41, 5.74) is 4.14. The minimum absolute atomic E-state index is 0.0344. The van der Waals surface area contributed by atoms with Crippen LogP contribution in [-0.4, -0.2) is 12.5 Å². The van der Waals surface area contributed by atoms with E-state index in [0.29, 0.717) is 6.61 Å². The summed E-state index contributed by atoms with van der Waals surface area (Å²) >= 11 is 0. The van der Waals surface area contributed by atoms with E-state index in [0.717, 1.165) is 35.1 Å². The number of fused-ring (bicyclic) bond motifs is 1. The van der Waals surface area contributed by atoms with Crippen molar-refractivity contribution in [2.24, 2.45) is 5.92 Å². The molecule has 1 heterocycles. The molecular formula is C15H17NO4. The lowest BCUT2D eigenvalue weighted by atomic mass is 10.2. The number of ether oxygens (including phenoxy) is 1. The summed E-state index contributed by atoms with van der Waals surface area (Å²) in [6.45, 7) is 2.84. The summed E-state index contributed by atoms with van der Waals surface area (Å²) in [6, 6.07) is 5.66. The van der Waals surface area contributed by atoms with Gasteiger partial charge in [-0.3, -0.25) is 9.63 Å². The van der Waals surface area contributed by atoms with E-state index in [1.54, 1.807) is 6.26 Å². The lowest BCUT2D eigenvalue weighted by Gasteiger charge is -2.05. The molecule has 1 amide bonds. The fourth-order valence-electron chi connectivity index (χ4n) is 2.04. The van der Waals surface area contributed by atoms with Gasteiger partial charge < -0.3 is 9.15 Å². The topological polar surface area (TPSA) is 60.7 Å². The van der Waals surface area contributed by atoms with Gasteiger partial charge in [0.2, 0.25) is 5.91 Å². The highest BCUT2D eigenvalue weighted by Gasteiger charge is 2.29. The molecule has 0 bridgehead atoms. The molecule has 0 atom stereocenters. The summed E-state index contributed by atoms with van der Waals surface area (Å²) in [4.78, 5) is 16.7. The number of hydrogen-bond acceptors (Lipinski definition) is 4. The molecule has 0 aliphatic heterocycles. The van der Waals surface area contributed by atoms with Crippen molar-refractivity contribution >= 4 is 16.9 Å². The molecule has 1 aliphatic rings. The number of rotatable bonds is 6. The second-order valence-electron chi connectivity index (χ2n) is 4.88. The van der Waals surface area contributed by atoms with Gasteiger partial charge in [0.15, 0.2) is 0 Å². The number of furan rings is 1. The number of hydroxylamine groups is 1. The van der Waals surface area contributed by atoms with E-state index in [9.17, 15) is 4.79 Å². The largest absolute Gasteiger partial charge is 0.494 e. The Morgan fingerprint density at radius 2 is 2.30 bits per heavy atom. The molecule has 0 saturated heterocycles. The lowest BCUT2D eigenvalue weighted by Crippen LogP contribution is -2.24. The number of benzene rings is 1. The van der Waals surface area contributed by atoms with Crippen LogP contribution < -0.4 is 10.2 Å². The molecule has 0 unspecified atom stereocenters. The van der Waals surface area contributed by atoms with Crippen LogP contribution in [0, 0.1) is 5.92 Å². The third-order valence-electron chi connectivity index (χ3n) is 3.28. The molecule has 5 heteroatoms. The van der Waals surface area contributed by atoms with E-state index in [1.165, 1.54) is 0 Å². The highest BCUT2D eigenvalue weighted by atomic mass is 16.7. The van der Waals surface area contributed by atoms with Crippen molar-refractivity contribution in [1.82, 2.24) is 5.48 Å². The Kier molecular flexibility index (Phi) is 3.60. The quantitative estimate of drug-likeness (QED) is 0.823. The monoisotopic (exact) mass is 275 g/mol. The first kappa shape index (κ1) is 13.0. The minimum Gasteiger partial charge on any atom is -0.494 e. The van der Waals surface area contributed by atoms with Crippen molar-refractivity contribution in [3.8, 4) is 5.75 Å². The van der Waals surface area contributed by atoms with Gasteiger partial charge in [-0.15, -0.1) is 0 Å². The standard InChI is InChI=1S/C15H17NO4/c1-2-18-12-5-6-14-13(7-12)11(8-19-14)9-20-16-15(17)10-3-4-10/h5-8,10H,2-4,9H2,1H3,(H,16,17). The maximum Gasteiger partial charge on any atom is 0.246 e. The van der Waals surface area contributed by atoms with E-state index >= 15 is 0 Å². The zero-order chi connectivity index (χ0) is 13.9. The molecule has 1 aromatic heterocycles. The van der Waals surface area contributed by atoms with Gasteiger partial charge in [-0.1, -0.05) is 0 Å². The molecule has 106 valence electrons. The number of carbonyl (C=O) groups is 1. The maximum atomic E-state index is 11.5. The normalized spacial score (nSPS) is 14.4. The Balaban J connectivity index is 1.67. The van der Waals surface area contributed by atoms with Crippen LogP contribution in [0.4, 0.5) is 0 Å². The van der Waals surface area contributed by atoms with Crippen molar-refractivity contribution in [1.29, 1.82) is 0 Å². The molecule has 20 heavy (non-hydrogen) atoms. The molecular weight excluding hydrogens is 258 g/mol. The maximum absolute atomic E-state index is 11.5. The molecule has 3 rings (SSSR count). The van der Waals surface area contributed by atoms with Crippen LogP contribution in [0.2, 0.25) is 0 Å². The molecule has 1 aromatic carbocycles. The third-order valence-corrected chi connectivity index (χ3v) is 3.28. The molecule has 1 fully saturated rings. The Morgan fingerprint density at radius 3 is 3.05 bits per heavy atom. The number of hydrogen-bond donors (Lipinski definition) is 1. The molecule has 0 radical (unpaired) electrons. The first-order valence-corrected chi connectivity index (χ1v) is 6.82. The van der Waals surface area contributed by atoms with Gasteiger partial charge in [0.25, 0.3) is 0 Å². The van der Waals surface area contributed by atoms with Gasteiger partial charge in [-0.25, -0.2) is 5.48 Å². The van der Waals surface area contributed by atoms with Crippen molar-refractivity contribution in [2.75, 3.05) is 6.61 Å². The second-order valence-corrected chi connectivity index (χ2v) is 4.88. The fourth-order valence-corrected chi connectivity index (χ4v) is 2.04. The van der Waals surface area contributed by atoms with Gasteiger partial charge >= 0.3 is 0 Å². The van der Waals surface area contributed by atoms with Gasteiger partial charge in [0, 0.05) is 16.9 Å². The van der Waals surface area contributed by atoms with Crippen LogP contribution in [0.5, 0.6) is 5.75 Å². The highest BCUT2D eigenvalue weighted by molar-refractivity contribution is 5.82. The summed E-state index contributed by atoms with van der Waals surface area (Å²) in [7, 11) is 0. The third kappa shape index (κ3) is 2.77. The van der Waals surface area contributed by atoms with Crippen molar-refractivity contribution in [2.45, 2.75) is 26.4 Å². The van der Waals surface area contributed by atoms with Gasteiger partial charge in [-0.05, 0) is 38.0 Å². The Hall–Kier alpha value is -2.01. The van der Waals surface area contributed by atoms with Crippen LogP contribution in [0.3, 0.4) is 0 Å². The van der Waals surface area contributed by atoms with Crippen LogP contribution >= 0.6 is 0 Å². The zero-order valence-corrected chi connectivity index (χ0v) is 11.3. The molecule has 1 aliphatic carbocycles. The van der Waals surface area contributed by atoms with E-state index in [2.05, 4.69) is 5.48 Å². The Bertz CT molecular complexity index is 615. The van der Waals surface area contributed by atoms with E-state index in [1.807, 2.05) is 25.1 Å². The predicted octanol–water partition coefficient (Wildman–Crippen LogP) is 2.79. The Morgan fingerprint density at radius 1 is 1.45 bits per heavy atom. The number of carbonyl (C=O) groups excluding carboxylic acids is 1. The first-order valence-electron chi connectivity index (χ1n) is 6.82. The van der Waals surface area contributed by atoms with E-state index < -0.39 is 0 Å². The predicted molar refractivity (Wildman–Crippen MR) is 73.0 cm³/mol.